The molecular formula is C15H20N2O3S. The second-order valence-corrected chi connectivity index (χ2v) is 5.63. The summed E-state index contributed by atoms with van der Waals surface area (Å²) in [6.45, 7) is 6.68. The third-order valence-corrected chi connectivity index (χ3v) is 4.04. The lowest BCUT2D eigenvalue weighted by Gasteiger charge is -2.08. The van der Waals surface area contributed by atoms with Crippen LogP contribution in [-0.4, -0.2) is 34.9 Å². The van der Waals surface area contributed by atoms with Gasteiger partial charge in [-0.15, -0.1) is 0 Å². The van der Waals surface area contributed by atoms with Crippen molar-refractivity contribution in [2.45, 2.75) is 25.9 Å². The molecule has 0 fully saturated rings. The van der Waals surface area contributed by atoms with Crippen molar-refractivity contribution in [2.75, 3.05) is 19.0 Å². The largest absolute Gasteiger partial charge is 0.494 e. The number of carbonyl (C=O) groups excluding carboxylic acids is 1. The Bertz CT molecular complexity index is 612. The van der Waals surface area contributed by atoms with Crippen LogP contribution in [0.1, 0.15) is 20.8 Å². The van der Waals surface area contributed by atoms with E-state index in [1.54, 1.807) is 0 Å². The average Bonchev–Trinajstić information content (AvgIpc) is 2.87. The molecule has 0 amide bonds. The van der Waals surface area contributed by atoms with Gasteiger partial charge >= 0.3 is 5.97 Å². The van der Waals surface area contributed by atoms with Crippen molar-refractivity contribution in [3.8, 4) is 5.75 Å². The van der Waals surface area contributed by atoms with Crippen LogP contribution in [0.5, 0.6) is 5.75 Å². The van der Waals surface area contributed by atoms with Crippen LogP contribution >= 0.6 is 11.8 Å². The van der Waals surface area contributed by atoms with Crippen molar-refractivity contribution in [1.82, 2.24) is 9.97 Å². The van der Waals surface area contributed by atoms with Crippen LogP contribution in [0.25, 0.3) is 11.0 Å². The summed E-state index contributed by atoms with van der Waals surface area (Å²) in [6, 6.07) is 5.77. The van der Waals surface area contributed by atoms with Gasteiger partial charge in [-0.3, -0.25) is 4.79 Å². The highest BCUT2D eigenvalue weighted by atomic mass is 32.2. The van der Waals surface area contributed by atoms with E-state index in [2.05, 4.69) is 9.97 Å². The van der Waals surface area contributed by atoms with Gasteiger partial charge in [0.1, 0.15) is 5.75 Å². The maximum Gasteiger partial charge on any atom is 0.309 e. The zero-order chi connectivity index (χ0) is 15.2. The lowest BCUT2D eigenvalue weighted by atomic mass is 10.2. The monoisotopic (exact) mass is 308 g/mol. The van der Waals surface area contributed by atoms with E-state index in [4.69, 9.17) is 9.47 Å². The molecule has 0 radical (unpaired) electrons. The molecule has 0 aliphatic heterocycles. The zero-order valence-electron chi connectivity index (χ0n) is 12.5. The minimum absolute atomic E-state index is 0.151. The number of esters is 1. The molecule has 0 aliphatic rings. The molecular weight excluding hydrogens is 288 g/mol. The molecule has 2 rings (SSSR count). The number of hydrogen-bond acceptors (Lipinski definition) is 5. The minimum Gasteiger partial charge on any atom is -0.494 e. The second-order valence-electron chi connectivity index (χ2n) is 4.62. The van der Waals surface area contributed by atoms with Crippen molar-refractivity contribution < 1.29 is 14.3 Å². The molecule has 1 aromatic carbocycles. The lowest BCUT2D eigenvalue weighted by Crippen LogP contribution is -2.16. The fourth-order valence-electron chi connectivity index (χ4n) is 1.85. The van der Waals surface area contributed by atoms with E-state index in [0.29, 0.717) is 19.0 Å². The minimum atomic E-state index is -0.167. The van der Waals surface area contributed by atoms with E-state index in [0.717, 1.165) is 21.9 Å². The van der Waals surface area contributed by atoms with Crippen LogP contribution in [0.15, 0.2) is 23.4 Å². The summed E-state index contributed by atoms with van der Waals surface area (Å²) in [5.74, 6) is 1.14. The van der Waals surface area contributed by atoms with Gasteiger partial charge in [0.25, 0.3) is 0 Å². The predicted octanol–water partition coefficient (Wildman–Crippen LogP) is 3.25. The van der Waals surface area contributed by atoms with Gasteiger partial charge in [0, 0.05) is 11.8 Å². The molecule has 1 aromatic heterocycles. The zero-order valence-corrected chi connectivity index (χ0v) is 13.3. The smallest absolute Gasteiger partial charge is 0.309 e. The van der Waals surface area contributed by atoms with Crippen molar-refractivity contribution in [1.29, 1.82) is 0 Å². The number of imidazole rings is 1. The Morgan fingerprint density at radius 3 is 2.90 bits per heavy atom. The molecule has 0 saturated heterocycles. The number of H-pyrrole nitrogens is 1. The summed E-state index contributed by atoms with van der Waals surface area (Å²) in [5, 5.41) is 0.801. The van der Waals surface area contributed by atoms with E-state index < -0.39 is 0 Å². The maximum absolute atomic E-state index is 11.6. The van der Waals surface area contributed by atoms with E-state index in [9.17, 15) is 4.79 Å². The fraction of sp³-hybridized carbons (Fsp3) is 0.467. The summed E-state index contributed by atoms with van der Waals surface area (Å²) in [6.07, 6.45) is 0. The SMILES string of the molecule is CCOC(=O)C(C)CSc1nc2ccc(OCC)cc2[nH]1. The molecule has 6 heteroatoms. The van der Waals surface area contributed by atoms with Crippen molar-refractivity contribution in [2.24, 2.45) is 5.92 Å². The van der Waals surface area contributed by atoms with Crippen molar-refractivity contribution >= 4 is 28.8 Å². The van der Waals surface area contributed by atoms with Crippen LogP contribution in [-0.2, 0) is 9.53 Å². The summed E-state index contributed by atoms with van der Waals surface area (Å²) < 4.78 is 10.5. The summed E-state index contributed by atoms with van der Waals surface area (Å²) in [4.78, 5) is 19.3. The first-order valence-corrected chi connectivity index (χ1v) is 8.04. The molecule has 0 spiro atoms. The number of rotatable bonds is 7. The maximum atomic E-state index is 11.6. The number of carbonyl (C=O) groups is 1. The van der Waals surface area contributed by atoms with Gasteiger partial charge in [-0.25, -0.2) is 4.98 Å². The first-order chi connectivity index (χ1) is 10.1. The van der Waals surface area contributed by atoms with E-state index in [1.807, 2.05) is 39.0 Å². The standard InChI is InChI=1S/C15H20N2O3S/c1-4-19-11-6-7-12-13(8-11)17-15(16-12)21-9-10(3)14(18)20-5-2/h6-8,10H,4-5,9H2,1-3H3,(H,16,17). The lowest BCUT2D eigenvalue weighted by molar-refractivity contribution is -0.146. The Kier molecular flexibility index (Phi) is 5.50. The molecule has 5 nitrogen and oxygen atoms in total. The van der Waals surface area contributed by atoms with Gasteiger partial charge in [0.05, 0.1) is 30.2 Å². The Morgan fingerprint density at radius 2 is 2.19 bits per heavy atom. The van der Waals surface area contributed by atoms with Crippen LogP contribution in [0.3, 0.4) is 0 Å². The average molecular weight is 308 g/mol. The Labute approximate surface area is 128 Å². The number of aromatic amines is 1. The molecule has 0 bridgehead atoms. The van der Waals surface area contributed by atoms with Crippen molar-refractivity contribution in [3.05, 3.63) is 18.2 Å². The van der Waals surface area contributed by atoms with Crippen LogP contribution in [0.4, 0.5) is 0 Å². The Morgan fingerprint density at radius 1 is 1.38 bits per heavy atom. The van der Waals surface area contributed by atoms with Crippen molar-refractivity contribution in [3.63, 3.8) is 0 Å². The molecule has 21 heavy (non-hydrogen) atoms. The van der Waals surface area contributed by atoms with Crippen LogP contribution in [0.2, 0.25) is 0 Å². The number of aromatic nitrogens is 2. The van der Waals surface area contributed by atoms with Gasteiger partial charge in [-0.1, -0.05) is 18.7 Å². The number of hydrogen-bond donors (Lipinski definition) is 1. The van der Waals surface area contributed by atoms with Gasteiger partial charge in [0.15, 0.2) is 5.16 Å². The van der Waals surface area contributed by atoms with E-state index >= 15 is 0 Å². The van der Waals surface area contributed by atoms with Crippen LogP contribution < -0.4 is 4.74 Å². The van der Waals surface area contributed by atoms with Gasteiger partial charge < -0.3 is 14.5 Å². The summed E-state index contributed by atoms with van der Waals surface area (Å²) in [5.41, 5.74) is 1.83. The summed E-state index contributed by atoms with van der Waals surface area (Å²) in [7, 11) is 0. The molecule has 1 atom stereocenters. The number of thioether (sulfide) groups is 1. The van der Waals surface area contributed by atoms with E-state index in [-0.39, 0.29) is 11.9 Å². The van der Waals surface area contributed by atoms with E-state index in [1.165, 1.54) is 11.8 Å². The first-order valence-electron chi connectivity index (χ1n) is 7.06. The van der Waals surface area contributed by atoms with Gasteiger partial charge in [-0.2, -0.15) is 0 Å². The van der Waals surface area contributed by atoms with Gasteiger partial charge in [-0.05, 0) is 26.0 Å². The third-order valence-electron chi connectivity index (χ3n) is 2.90. The third kappa shape index (κ3) is 4.14. The molecule has 1 heterocycles. The summed E-state index contributed by atoms with van der Waals surface area (Å²) >= 11 is 1.52. The fourth-order valence-corrected chi connectivity index (χ4v) is 2.74. The Balaban J connectivity index is 2.01. The molecule has 0 saturated carbocycles. The number of nitrogens with one attached hydrogen (secondary N) is 1. The molecule has 1 N–H and O–H groups in total. The van der Waals surface area contributed by atoms with Gasteiger partial charge in [0.2, 0.25) is 0 Å². The molecule has 2 aromatic rings. The topological polar surface area (TPSA) is 64.2 Å². The number of ether oxygens (including phenoxy) is 2. The normalized spacial score (nSPS) is 12.3. The quantitative estimate of drug-likeness (QED) is 0.628. The number of fused-ring (bicyclic) bond motifs is 1. The molecule has 1 unspecified atom stereocenters. The predicted molar refractivity (Wildman–Crippen MR) is 83.8 cm³/mol. The molecule has 0 aliphatic carbocycles. The number of benzene rings is 1. The highest BCUT2D eigenvalue weighted by molar-refractivity contribution is 7.99. The first kappa shape index (κ1) is 15.7. The highest BCUT2D eigenvalue weighted by Gasteiger charge is 2.15. The second kappa shape index (κ2) is 7.36. The van der Waals surface area contributed by atoms with Crippen LogP contribution in [0, 0.1) is 5.92 Å². The number of nitrogens with zero attached hydrogens (tertiary/aromatic N) is 1. The highest BCUT2D eigenvalue weighted by Crippen LogP contribution is 2.24. The molecule has 114 valence electrons. The Hall–Kier alpha value is -1.69.